The summed E-state index contributed by atoms with van der Waals surface area (Å²) in [5.74, 6) is 0.863. The van der Waals surface area contributed by atoms with Gasteiger partial charge in [-0.2, -0.15) is 10.1 Å². The van der Waals surface area contributed by atoms with E-state index in [0.29, 0.717) is 35.4 Å². The fourth-order valence-corrected chi connectivity index (χ4v) is 2.15. The zero-order valence-corrected chi connectivity index (χ0v) is 15.6. The van der Waals surface area contributed by atoms with Crippen LogP contribution in [0.25, 0.3) is 0 Å². The van der Waals surface area contributed by atoms with E-state index in [4.69, 9.17) is 44.2 Å². The number of hydroxylamine groups is 2. The highest BCUT2D eigenvalue weighted by molar-refractivity contribution is 8.93. The Morgan fingerprint density at radius 3 is 2.70 bits per heavy atom. The summed E-state index contributed by atoms with van der Waals surface area (Å²) >= 11 is 11.9. The lowest BCUT2D eigenvalue weighted by Gasteiger charge is -2.28. The van der Waals surface area contributed by atoms with Gasteiger partial charge in [0, 0.05) is 6.42 Å². The first kappa shape index (κ1) is 19.8. The number of hydrogen-bond donors (Lipinski definition) is 2. The monoisotopic (exact) mass is 425 g/mol. The number of halogens is 3. The van der Waals surface area contributed by atoms with Crippen molar-refractivity contribution in [2.45, 2.75) is 19.5 Å². The third-order valence-electron chi connectivity index (χ3n) is 2.81. The maximum atomic E-state index is 6.02. The smallest absolute Gasteiger partial charge is 0.225 e. The van der Waals surface area contributed by atoms with Crippen LogP contribution in [0.15, 0.2) is 28.2 Å². The quantitative estimate of drug-likeness (QED) is 0.681. The van der Waals surface area contributed by atoms with Gasteiger partial charge in [0.2, 0.25) is 11.9 Å². The number of rotatable bonds is 6. The van der Waals surface area contributed by atoms with E-state index in [-0.39, 0.29) is 35.1 Å². The predicted molar refractivity (Wildman–Crippen MR) is 97.4 cm³/mol. The second-order valence-corrected chi connectivity index (χ2v) is 5.29. The van der Waals surface area contributed by atoms with Crippen molar-refractivity contribution in [1.82, 2.24) is 5.06 Å². The third-order valence-corrected chi connectivity index (χ3v) is 3.61. The molecule has 0 radical (unpaired) electrons. The Morgan fingerprint density at radius 2 is 2.00 bits per heavy atom. The van der Waals surface area contributed by atoms with Gasteiger partial charge < -0.3 is 16.2 Å². The van der Waals surface area contributed by atoms with Crippen LogP contribution >= 0.6 is 40.2 Å². The summed E-state index contributed by atoms with van der Waals surface area (Å²) in [5.41, 5.74) is 11.2. The number of ether oxygens (including phenoxy) is 1. The van der Waals surface area contributed by atoms with Crippen molar-refractivity contribution in [3.05, 3.63) is 28.2 Å². The van der Waals surface area contributed by atoms with Crippen molar-refractivity contribution >= 4 is 52.1 Å². The van der Waals surface area contributed by atoms with Crippen molar-refractivity contribution < 1.29 is 9.57 Å². The highest BCUT2D eigenvalue weighted by Crippen LogP contribution is 2.31. The minimum Gasteiger partial charge on any atom is -0.492 e. The highest BCUT2D eigenvalue weighted by atomic mass is 79.9. The van der Waals surface area contributed by atoms with E-state index < -0.39 is 0 Å². The van der Waals surface area contributed by atoms with E-state index in [9.17, 15) is 0 Å². The molecule has 23 heavy (non-hydrogen) atoms. The van der Waals surface area contributed by atoms with Gasteiger partial charge in [-0.1, -0.05) is 29.3 Å². The van der Waals surface area contributed by atoms with Crippen LogP contribution < -0.4 is 16.2 Å². The van der Waals surface area contributed by atoms with E-state index in [1.54, 1.807) is 25.1 Å². The molecule has 1 unspecified atom stereocenters. The molecule has 7 nitrogen and oxygen atoms in total. The molecular formula is C13H18BrCl2N5O2. The van der Waals surface area contributed by atoms with Crippen LogP contribution in [-0.2, 0) is 4.84 Å². The van der Waals surface area contributed by atoms with E-state index in [1.165, 1.54) is 5.06 Å². The number of guanidine groups is 2. The van der Waals surface area contributed by atoms with Crippen LogP contribution in [0, 0.1) is 0 Å². The molecule has 0 amide bonds. The fourth-order valence-electron chi connectivity index (χ4n) is 1.80. The number of hydrogen-bond acceptors (Lipinski definition) is 7. The summed E-state index contributed by atoms with van der Waals surface area (Å²) in [6.07, 6.45) is 0.305. The van der Waals surface area contributed by atoms with Gasteiger partial charge in [0.25, 0.3) is 0 Å². The van der Waals surface area contributed by atoms with Gasteiger partial charge >= 0.3 is 0 Å². The number of benzene rings is 1. The predicted octanol–water partition coefficient (Wildman–Crippen LogP) is 2.56. The first-order chi connectivity index (χ1) is 10.5. The van der Waals surface area contributed by atoms with Crippen LogP contribution in [0.5, 0.6) is 5.75 Å². The molecule has 10 heteroatoms. The number of aliphatic imine (C=N–C) groups is 2. The molecule has 1 heterocycles. The van der Waals surface area contributed by atoms with Crippen molar-refractivity contribution in [3.63, 3.8) is 0 Å². The molecule has 0 aliphatic carbocycles. The SMILES string of the molecule is Br.CC1N=C(N)N=C(N)N1OCCCOc1cccc(Cl)c1Cl. The molecule has 0 bridgehead atoms. The van der Waals surface area contributed by atoms with Crippen molar-refractivity contribution in [3.8, 4) is 5.75 Å². The maximum Gasteiger partial charge on any atom is 0.225 e. The van der Waals surface area contributed by atoms with Gasteiger partial charge in [-0.25, -0.2) is 4.99 Å². The summed E-state index contributed by atoms with van der Waals surface area (Å²) < 4.78 is 5.55. The average molecular weight is 427 g/mol. The van der Waals surface area contributed by atoms with Gasteiger partial charge in [0.05, 0.1) is 18.2 Å². The molecule has 4 N–H and O–H groups in total. The zero-order valence-electron chi connectivity index (χ0n) is 12.4. The van der Waals surface area contributed by atoms with Crippen LogP contribution in [0.4, 0.5) is 0 Å². The van der Waals surface area contributed by atoms with Crippen LogP contribution in [0.2, 0.25) is 10.0 Å². The van der Waals surface area contributed by atoms with Crippen LogP contribution in [0.3, 0.4) is 0 Å². The first-order valence-corrected chi connectivity index (χ1v) is 7.41. The third kappa shape index (κ3) is 5.42. The lowest BCUT2D eigenvalue weighted by molar-refractivity contribution is -0.126. The lowest BCUT2D eigenvalue weighted by atomic mass is 10.3. The molecule has 0 saturated carbocycles. The molecule has 0 fully saturated rings. The van der Waals surface area contributed by atoms with Gasteiger partial charge in [0.15, 0.2) is 0 Å². The minimum atomic E-state index is -0.319. The van der Waals surface area contributed by atoms with Gasteiger partial charge in [0.1, 0.15) is 16.9 Å². The largest absolute Gasteiger partial charge is 0.492 e. The molecule has 1 aromatic rings. The number of nitrogens with zero attached hydrogens (tertiary/aromatic N) is 3. The first-order valence-electron chi connectivity index (χ1n) is 6.65. The molecule has 128 valence electrons. The molecule has 1 aromatic carbocycles. The summed E-state index contributed by atoms with van der Waals surface area (Å²) in [6.45, 7) is 2.61. The lowest BCUT2D eigenvalue weighted by Crippen LogP contribution is -2.47. The standard InChI is InChI=1S/C13H17Cl2N5O2.BrH/c1-8-18-12(16)19-13(17)20(8)22-7-3-6-21-10-5-2-4-9(14)11(10)15;/h2,4-5,8H,3,6-7H2,1H3,(H4,16,17,18,19);1H. The van der Waals surface area contributed by atoms with Gasteiger partial charge in [-0.05, 0) is 19.1 Å². The van der Waals surface area contributed by atoms with Gasteiger partial charge in [-0.3, -0.25) is 4.84 Å². The van der Waals surface area contributed by atoms with Crippen LogP contribution in [0.1, 0.15) is 13.3 Å². The average Bonchev–Trinajstić information content (AvgIpc) is 2.45. The zero-order chi connectivity index (χ0) is 16.1. The molecule has 1 aliphatic heterocycles. The minimum absolute atomic E-state index is 0. The summed E-state index contributed by atoms with van der Waals surface area (Å²) in [5, 5.41) is 2.26. The van der Waals surface area contributed by atoms with Gasteiger partial charge in [-0.15, -0.1) is 17.0 Å². The molecule has 1 aliphatic rings. The normalized spacial score (nSPS) is 17.2. The second-order valence-electron chi connectivity index (χ2n) is 4.50. The molecule has 0 aromatic heterocycles. The Hall–Kier alpha value is -1.22. The van der Waals surface area contributed by atoms with Crippen molar-refractivity contribution in [2.75, 3.05) is 13.2 Å². The molecule has 1 atom stereocenters. The van der Waals surface area contributed by atoms with E-state index in [2.05, 4.69) is 9.98 Å². The summed E-state index contributed by atoms with van der Waals surface area (Å²) in [6, 6.07) is 5.23. The van der Waals surface area contributed by atoms with E-state index >= 15 is 0 Å². The molecule has 0 saturated heterocycles. The Morgan fingerprint density at radius 1 is 1.26 bits per heavy atom. The van der Waals surface area contributed by atoms with E-state index in [0.717, 1.165) is 0 Å². The Kier molecular flexibility index (Phi) is 7.90. The molecule has 2 rings (SSSR count). The fraction of sp³-hybridized carbons (Fsp3) is 0.385. The van der Waals surface area contributed by atoms with Crippen LogP contribution in [-0.4, -0.2) is 36.4 Å². The highest BCUT2D eigenvalue weighted by Gasteiger charge is 2.21. The Labute approximate surface area is 155 Å². The summed E-state index contributed by atoms with van der Waals surface area (Å²) in [7, 11) is 0. The second kappa shape index (κ2) is 9.17. The molecule has 0 spiro atoms. The topological polar surface area (TPSA) is 98.5 Å². The van der Waals surface area contributed by atoms with Crippen molar-refractivity contribution in [1.29, 1.82) is 0 Å². The van der Waals surface area contributed by atoms with E-state index in [1.807, 2.05) is 0 Å². The Balaban J connectivity index is 0.00000264. The maximum absolute atomic E-state index is 6.02. The number of nitrogens with two attached hydrogens (primary N) is 2. The molecular weight excluding hydrogens is 409 g/mol. The summed E-state index contributed by atoms with van der Waals surface area (Å²) in [4.78, 5) is 13.4. The van der Waals surface area contributed by atoms with Crippen molar-refractivity contribution in [2.24, 2.45) is 21.5 Å². The Bertz CT molecular complexity index is 600.